The molecule has 1 unspecified atom stereocenters. The molecule has 12 heavy (non-hydrogen) atoms. The van der Waals surface area contributed by atoms with E-state index >= 15 is 0 Å². The molecule has 1 rings (SSSR count). The van der Waals surface area contributed by atoms with Gasteiger partial charge >= 0.3 is 0 Å². The number of aromatic amines is 1. The molecule has 0 aliphatic heterocycles. The first-order valence-electron chi connectivity index (χ1n) is 4.18. The van der Waals surface area contributed by atoms with Crippen LogP contribution in [-0.2, 0) is 6.54 Å². The Bertz CT molecular complexity index is 196. The zero-order chi connectivity index (χ0) is 8.81. The summed E-state index contributed by atoms with van der Waals surface area (Å²) in [4.78, 5) is 3.16. The standard InChI is InChI=1S/C9H16N2S/c1-8(12-2)6-10-7-9-4-3-5-11-9/h3-5,8,10-11H,6-7H2,1-2H3. The van der Waals surface area contributed by atoms with Crippen LogP contribution in [0.2, 0.25) is 0 Å². The largest absolute Gasteiger partial charge is 0.364 e. The summed E-state index contributed by atoms with van der Waals surface area (Å²) in [7, 11) is 0. The molecule has 3 heteroatoms. The van der Waals surface area contributed by atoms with E-state index in [1.807, 2.05) is 24.0 Å². The first-order chi connectivity index (χ1) is 5.83. The molecule has 1 heterocycles. The maximum atomic E-state index is 3.39. The molecule has 68 valence electrons. The fourth-order valence-electron chi connectivity index (χ4n) is 0.971. The minimum atomic E-state index is 0.694. The molecule has 0 aromatic carbocycles. The second-order valence-corrected chi connectivity index (χ2v) is 4.15. The summed E-state index contributed by atoms with van der Waals surface area (Å²) < 4.78 is 0. The maximum absolute atomic E-state index is 3.39. The van der Waals surface area contributed by atoms with Gasteiger partial charge in [-0.15, -0.1) is 0 Å². The van der Waals surface area contributed by atoms with E-state index in [9.17, 15) is 0 Å². The molecular weight excluding hydrogens is 168 g/mol. The molecule has 0 fully saturated rings. The van der Waals surface area contributed by atoms with Gasteiger partial charge < -0.3 is 10.3 Å². The highest BCUT2D eigenvalue weighted by atomic mass is 32.2. The number of aromatic nitrogens is 1. The van der Waals surface area contributed by atoms with Gasteiger partial charge in [0, 0.05) is 30.2 Å². The molecule has 0 aliphatic carbocycles. The van der Waals surface area contributed by atoms with E-state index in [-0.39, 0.29) is 0 Å². The molecule has 0 saturated carbocycles. The van der Waals surface area contributed by atoms with Crippen LogP contribution in [0.1, 0.15) is 12.6 Å². The summed E-state index contributed by atoms with van der Waals surface area (Å²) in [6.45, 7) is 4.24. The van der Waals surface area contributed by atoms with Gasteiger partial charge in [0.05, 0.1) is 0 Å². The summed E-state index contributed by atoms with van der Waals surface area (Å²) in [6.07, 6.45) is 4.09. The molecule has 1 atom stereocenters. The fraction of sp³-hybridized carbons (Fsp3) is 0.556. The van der Waals surface area contributed by atoms with Crippen molar-refractivity contribution in [2.75, 3.05) is 12.8 Å². The molecule has 0 bridgehead atoms. The van der Waals surface area contributed by atoms with E-state index < -0.39 is 0 Å². The Morgan fingerprint density at radius 2 is 2.50 bits per heavy atom. The Hall–Kier alpha value is -0.410. The Morgan fingerprint density at radius 3 is 3.08 bits per heavy atom. The van der Waals surface area contributed by atoms with Gasteiger partial charge in [-0.05, 0) is 18.4 Å². The molecule has 0 amide bonds. The lowest BCUT2D eigenvalue weighted by atomic mass is 10.4. The highest BCUT2D eigenvalue weighted by Crippen LogP contribution is 2.02. The van der Waals surface area contributed by atoms with Crippen LogP contribution < -0.4 is 5.32 Å². The molecule has 2 nitrogen and oxygen atoms in total. The number of H-pyrrole nitrogens is 1. The fourth-order valence-corrected chi connectivity index (χ4v) is 1.26. The normalized spacial score (nSPS) is 13.2. The zero-order valence-corrected chi connectivity index (χ0v) is 8.45. The molecule has 2 N–H and O–H groups in total. The van der Waals surface area contributed by atoms with Crippen molar-refractivity contribution < 1.29 is 0 Å². The summed E-state index contributed by atoms with van der Waals surface area (Å²) >= 11 is 1.89. The molecule has 0 aliphatic rings. The number of hydrogen-bond donors (Lipinski definition) is 2. The summed E-state index contributed by atoms with van der Waals surface area (Å²) in [5.74, 6) is 0. The number of thioether (sulfide) groups is 1. The van der Waals surface area contributed by atoms with Crippen molar-refractivity contribution in [1.29, 1.82) is 0 Å². The van der Waals surface area contributed by atoms with Crippen molar-refractivity contribution in [3.05, 3.63) is 24.0 Å². The Balaban J connectivity index is 2.11. The van der Waals surface area contributed by atoms with Crippen LogP contribution in [0.25, 0.3) is 0 Å². The SMILES string of the molecule is CSC(C)CNCc1ccc[nH]1. The second-order valence-electron chi connectivity index (χ2n) is 2.87. The van der Waals surface area contributed by atoms with Gasteiger partial charge in [-0.2, -0.15) is 11.8 Å². The first kappa shape index (κ1) is 9.68. The van der Waals surface area contributed by atoms with E-state index in [0.29, 0.717) is 5.25 Å². The van der Waals surface area contributed by atoms with Crippen LogP contribution in [0.3, 0.4) is 0 Å². The van der Waals surface area contributed by atoms with Crippen molar-refractivity contribution >= 4 is 11.8 Å². The van der Waals surface area contributed by atoms with E-state index in [4.69, 9.17) is 0 Å². The van der Waals surface area contributed by atoms with Crippen LogP contribution in [0, 0.1) is 0 Å². The smallest absolute Gasteiger partial charge is 0.0357 e. The Labute approximate surface area is 78.1 Å². The Kier molecular flexibility index (Phi) is 4.25. The van der Waals surface area contributed by atoms with Gasteiger partial charge in [-0.25, -0.2) is 0 Å². The van der Waals surface area contributed by atoms with Crippen molar-refractivity contribution in [2.45, 2.75) is 18.7 Å². The van der Waals surface area contributed by atoms with Gasteiger partial charge in [0.1, 0.15) is 0 Å². The van der Waals surface area contributed by atoms with Crippen molar-refractivity contribution in [1.82, 2.24) is 10.3 Å². The summed E-state index contributed by atoms with van der Waals surface area (Å²) in [5, 5.41) is 4.08. The van der Waals surface area contributed by atoms with Gasteiger partial charge in [0.15, 0.2) is 0 Å². The average molecular weight is 184 g/mol. The van der Waals surface area contributed by atoms with E-state index in [2.05, 4.69) is 29.5 Å². The highest BCUT2D eigenvalue weighted by Gasteiger charge is 1.97. The predicted molar refractivity (Wildman–Crippen MR) is 55.5 cm³/mol. The van der Waals surface area contributed by atoms with Gasteiger partial charge in [-0.3, -0.25) is 0 Å². The molecule has 1 aromatic heterocycles. The molecular formula is C9H16N2S. The van der Waals surface area contributed by atoms with Crippen molar-refractivity contribution in [3.8, 4) is 0 Å². The highest BCUT2D eigenvalue weighted by molar-refractivity contribution is 7.99. The molecule has 1 aromatic rings. The quantitative estimate of drug-likeness (QED) is 0.731. The van der Waals surface area contributed by atoms with Crippen LogP contribution >= 0.6 is 11.8 Å². The summed E-state index contributed by atoms with van der Waals surface area (Å²) in [6, 6.07) is 4.12. The molecule has 0 spiro atoms. The van der Waals surface area contributed by atoms with E-state index in [0.717, 1.165) is 13.1 Å². The van der Waals surface area contributed by atoms with Crippen LogP contribution in [-0.4, -0.2) is 23.0 Å². The number of nitrogens with one attached hydrogen (secondary N) is 2. The minimum Gasteiger partial charge on any atom is -0.364 e. The lowest BCUT2D eigenvalue weighted by molar-refractivity contribution is 0.675. The summed E-state index contributed by atoms with van der Waals surface area (Å²) in [5.41, 5.74) is 1.25. The van der Waals surface area contributed by atoms with E-state index in [1.54, 1.807) is 0 Å². The Morgan fingerprint density at radius 1 is 1.67 bits per heavy atom. The van der Waals surface area contributed by atoms with Gasteiger partial charge in [-0.1, -0.05) is 6.92 Å². The molecule has 0 radical (unpaired) electrons. The number of rotatable bonds is 5. The van der Waals surface area contributed by atoms with E-state index in [1.165, 1.54) is 5.69 Å². The van der Waals surface area contributed by atoms with Crippen LogP contribution in [0.4, 0.5) is 0 Å². The minimum absolute atomic E-state index is 0.694. The van der Waals surface area contributed by atoms with Gasteiger partial charge in [0.2, 0.25) is 0 Å². The topological polar surface area (TPSA) is 27.8 Å². The third kappa shape index (κ3) is 3.32. The monoisotopic (exact) mass is 184 g/mol. The van der Waals surface area contributed by atoms with Crippen LogP contribution in [0.5, 0.6) is 0 Å². The maximum Gasteiger partial charge on any atom is 0.0357 e. The third-order valence-electron chi connectivity index (χ3n) is 1.81. The second kappa shape index (κ2) is 5.27. The predicted octanol–water partition coefficient (Wildman–Crippen LogP) is 1.86. The first-order valence-corrected chi connectivity index (χ1v) is 5.47. The number of hydrogen-bond acceptors (Lipinski definition) is 2. The van der Waals surface area contributed by atoms with Crippen LogP contribution in [0.15, 0.2) is 18.3 Å². The van der Waals surface area contributed by atoms with Crippen molar-refractivity contribution in [2.24, 2.45) is 0 Å². The molecule has 0 saturated heterocycles. The average Bonchev–Trinajstić information content (AvgIpc) is 2.57. The van der Waals surface area contributed by atoms with Crippen molar-refractivity contribution in [3.63, 3.8) is 0 Å². The van der Waals surface area contributed by atoms with Gasteiger partial charge in [0.25, 0.3) is 0 Å². The third-order valence-corrected chi connectivity index (χ3v) is 2.78. The lowest BCUT2D eigenvalue weighted by Crippen LogP contribution is -2.22. The lowest BCUT2D eigenvalue weighted by Gasteiger charge is -2.08. The zero-order valence-electron chi connectivity index (χ0n) is 7.63.